The van der Waals surface area contributed by atoms with Crippen LogP contribution in [-0.2, 0) is 9.53 Å². The summed E-state index contributed by atoms with van der Waals surface area (Å²) in [6.45, 7) is 4.19. The molecule has 4 nitrogen and oxygen atoms in total. The minimum Gasteiger partial charge on any atom is -0.466 e. The number of nitrogens with zero attached hydrogens (tertiary/aromatic N) is 2. The van der Waals surface area contributed by atoms with Crippen molar-refractivity contribution in [2.24, 2.45) is 9.98 Å². The normalized spacial score (nSPS) is 10.1. The second kappa shape index (κ2) is 6.31. The molecule has 0 aromatic heterocycles. The van der Waals surface area contributed by atoms with Gasteiger partial charge in [0.2, 0.25) is 0 Å². The van der Waals surface area contributed by atoms with Gasteiger partial charge in [-0.05, 0) is 13.8 Å². The lowest BCUT2D eigenvalue weighted by atomic mass is 10.4. The van der Waals surface area contributed by atoms with E-state index in [-0.39, 0.29) is 0 Å². The molecule has 0 spiro atoms. The van der Waals surface area contributed by atoms with Gasteiger partial charge in [0.1, 0.15) is 0 Å². The van der Waals surface area contributed by atoms with Gasteiger partial charge in [-0.3, -0.25) is 0 Å². The van der Waals surface area contributed by atoms with Crippen LogP contribution in [0.3, 0.4) is 0 Å². The molecule has 0 heterocycles. The molecule has 0 amide bonds. The van der Waals surface area contributed by atoms with Gasteiger partial charge >= 0.3 is 5.97 Å². The molecular weight excluding hydrogens is 156 g/mol. The van der Waals surface area contributed by atoms with Gasteiger partial charge in [-0.2, -0.15) is 4.99 Å². The molecule has 0 N–H and O–H groups in total. The summed E-state index contributed by atoms with van der Waals surface area (Å²) in [5, 5.41) is 0. The molecule has 0 rings (SSSR count). The van der Waals surface area contributed by atoms with Crippen LogP contribution in [0.25, 0.3) is 0 Å². The Morgan fingerprint density at radius 2 is 2.33 bits per heavy atom. The van der Waals surface area contributed by atoms with E-state index in [0.29, 0.717) is 12.2 Å². The first-order chi connectivity index (χ1) is 5.70. The molecule has 0 aromatic rings. The zero-order chi connectivity index (χ0) is 9.40. The van der Waals surface area contributed by atoms with Crippen molar-refractivity contribution < 1.29 is 9.53 Å². The summed E-state index contributed by atoms with van der Waals surface area (Å²) in [5.41, 5.74) is 0.527. The molecule has 0 saturated heterocycles. The van der Waals surface area contributed by atoms with Crippen LogP contribution in [0.5, 0.6) is 0 Å². The Bertz CT molecular complexity index is 237. The van der Waals surface area contributed by atoms with Gasteiger partial charge < -0.3 is 4.74 Å². The maximum atomic E-state index is 10.6. The highest BCUT2D eigenvalue weighted by molar-refractivity contribution is 5.82. The van der Waals surface area contributed by atoms with Crippen LogP contribution in [0, 0.1) is 0 Å². The summed E-state index contributed by atoms with van der Waals surface area (Å²) in [5.74, 6) is -0.422. The molecule has 0 aliphatic carbocycles. The van der Waals surface area contributed by atoms with Crippen LogP contribution in [0.4, 0.5) is 0 Å². The second-order valence-corrected chi connectivity index (χ2v) is 2.00. The van der Waals surface area contributed by atoms with Crippen LogP contribution in [0.1, 0.15) is 13.8 Å². The summed E-state index contributed by atoms with van der Waals surface area (Å²) in [7, 11) is 1.32. The van der Waals surface area contributed by atoms with Gasteiger partial charge in [0, 0.05) is 12.6 Å². The van der Waals surface area contributed by atoms with Crippen molar-refractivity contribution in [3.8, 4) is 0 Å². The Balaban J connectivity index is 4.20. The van der Waals surface area contributed by atoms with Gasteiger partial charge in [-0.1, -0.05) is 0 Å². The van der Waals surface area contributed by atoms with Crippen LogP contribution in [0.2, 0.25) is 0 Å². The van der Waals surface area contributed by atoms with Gasteiger partial charge in [0.15, 0.2) is 0 Å². The van der Waals surface area contributed by atoms with E-state index in [1.165, 1.54) is 13.2 Å². The lowest BCUT2D eigenvalue weighted by Crippen LogP contribution is -1.94. The Morgan fingerprint density at radius 3 is 2.83 bits per heavy atom. The zero-order valence-electron chi connectivity index (χ0n) is 7.50. The number of hydrogen-bond donors (Lipinski definition) is 0. The van der Waals surface area contributed by atoms with Gasteiger partial charge in [0.05, 0.1) is 18.8 Å². The Hall–Kier alpha value is -1.41. The van der Waals surface area contributed by atoms with E-state index in [1.807, 2.05) is 6.92 Å². The molecule has 0 atom stereocenters. The number of methoxy groups -OCH3 is 1. The number of rotatable bonds is 3. The topological polar surface area (TPSA) is 51.0 Å². The summed E-state index contributed by atoms with van der Waals surface area (Å²) >= 11 is 0. The summed E-state index contributed by atoms with van der Waals surface area (Å²) in [4.78, 5) is 18.1. The summed E-state index contributed by atoms with van der Waals surface area (Å²) in [6, 6.07) is 2.44. The average molecular weight is 168 g/mol. The first-order valence-electron chi connectivity index (χ1n) is 3.59. The van der Waals surface area contributed by atoms with E-state index < -0.39 is 5.97 Å². The lowest BCUT2D eigenvalue weighted by Gasteiger charge is -1.89. The van der Waals surface area contributed by atoms with Crippen molar-refractivity contribution >= 4 is 12.0 Å². The SMILES string of the molecule is CCN=C=NC(C)=CC(=O)OC. The summed E-state index contributed by atoms with van der Waals surface area (Å²) < 4.78 is 4.39. The fraction of sp³-hybridized carbons (Fsp3) is 0.500. The molecule has 0 saturated carbocycles. The van der Waals surface area contributed by atoms with E-state index in [2.05, 4.69) is 20.7 Å². The molecule has 0 bridgehead atoms. The predicted octanol–water partition coefficient (Wildman–Crippen LogP) is 1.26. The number of hydrogen-bond acceptors (Lipinski definition) is 4. The zero-order valence-corrected chi connectivity index (χ0v) is 7.50. The standard InChI is InChI=1S/C8H12N2O2/c1-4-9-6-10-7(2)5-8(11)12-3/h5H,4H2,1-3H3. The quantitative estimate of drug-likeness (QED) is 0.362. The number of esters is 1. The van der Waals surface area contributed by atoms with Crippen molar-refractivity contribution in [3.05, 3.63) is 11.8 Å². The third kappa shape index (κ3) is 5.38. The molecule has 0 aromatic carbocycles. The fourth-order valence-electron chi connectivity index (χ4n) is 0.447. The monoisotopic (exact) mass is 168 g/mol. The molecule has 12 heavy (non-hydrogen) atoms. The highest BCUT2D eigenvalue weighted by Crippen LogP contribution is 1.92. The highest BCUT2D eigenvalue weighted by atomic mass is 16.5. The van der Waals surface area contributed by atoms with Gasteiger partial charge in [0.25, 0.3) is 0 Å². The largest absolute Gasteiger partial charge is 0.466 e. The average Bonchev–Trinajstić information content (AvgIpc) is 2.05. The maximum Gasteiger partial charge on any atom is 0.332 e. The van der Waals surface area contributed by atoms with Crippen molar-refractivity contribution in [2.75, 3.05) is 13.7 Å². The van der Waals surface area contributed by atoms with Crippen LogP contribution in [0.15, 0.2) is 21.8 Å². The van der Waals surface area contributed by atoms with Gasteiger partial charge in [-0.25, -0.2) is 9.79 Å². The first-order valence-corrected chi connectivity index (χ1v) is 3.59. The minimum absolute atomic E-state index is 0.422. The number of allylic oxidation sites excluding steroid dienone is 1. The predicted molar refractivity (Wildman–Crippen MR) is 46.2 cm³/mol. The van der Waals surface area contributed by atoms with Crippen molar-refractivity contribution in [2.45, 2.75) is 13.8 Å². The van der Waals surface area contributed by atoms with E-state index in [4.69, 9.17) is 0 Å². The van der Waals surface area contributed by atoms with E-state index in [1.54, 1.807) is 6.92 Å². The molecule has 0 radical (unpaired) electrons. The molecule has 0 unspecified atom stereocenters. The molecular formula is C8H12N2O2. The smallest absolute Gasteiger partial charge is 0.332 e. The van der Waals surface area contributed by atoms with Crippen molar-refractivity contribution in [1.29, 1.82) is 0 Å². The minimum atomic E-state index is -0.422. The molecule has 66 valence electrons. The Labute approximate surface area is 71.7 Å². The Morgan fingerprint density at radius 1 is 1.67 bits per heavy atom. The maximum absolute atomic E-state index is 10.6. The molecule has 0 fully saturated rings. The van der Waals surface area contributed by atoms with Crippen molar-refractivity contribution in [3.63, 3.8) is 0 Å². The highest BCUT2D eigenvalue weighted by Gasteiger charge is 1.92. The van der Waals surface area contributed by atoms with E-state index in [0.717, 1.165) is 0 Å². The number of ether oxygens (including phenoxy) is 1. The number of carbonyl (C=O) groups excluding carboxylic acids is 1. The van der Waals surface area contributed by atoms with Crippen LogP contribution < -0.4 is 0 Å². The molecule has 0 aliphatic rings. The van der Waals surface area contributed by atoms with Gasteiger partial charge in [-0.15, -0.1) is 0 Å². The fourth-order valence-corrected chi connectivity index (χ4v) is 0.447. The third-order valence-corrected chi connectivity index (χ3v) is 0.983. The van der Waals surface area contributed by atoms with E-state index in [9.17, 15) is 4.79 Å². The molecule has 0 aliphatic heterocycles. The Kier molecular flexibility index (Phi) is 5.57. The lowest BCUT2D eigenvalue weighted by molar-refractivity contribution is -0.134. The van der Waals surface area contributed by atoms with Crippen LogP contribution >= 0.6 is 0 Å². The third-order valence-electron chi connectivity index (χ3n) is 0.983. The number of carbonyl (C=O) groups is 1. The first kappa shape index (κ1) is 10.6. The second-order valence-electron chi connectivity index (χ2n) is 2.00. The summed E-state index contributed by atoms with van der Waals surface area (Å²) in [6.07, 6.45) is 1.28. The van der Waals surface area contributed by atoms with Crippen molar-refractivity contribution in [1.82, 2.24) is 0 Å². The van der Waals surface area contributed by atoms with E-state index >= 15 is 0 Å². The molecule has 4 heteroatoms. The number of aliphatic imine (C=N–C) groups is 2. The van der Waals surface area contributed by atoms with Crippen LogP contribution in [-0.4, -0.2) is 25.6 Å².